The summed E-state index contributed by atoms with van der Waals surface area (Å²) in [5, 5.41) is 7.69. The van der Waals surface area contributed by atoms with E-state index in [1.54, 1.807) is 18.2 Å². The molecule has 2 aromatic heterocycles. The molecule has 0 bridgehead atoms. The summed E-state index contributed by atoms with van der Waals surface area (Å²) in [6.07, 6.45) is 0. The van der Waals surface area contributed by atoms with E-state index in [1.165, 1.54) is 22.9 Å². The topological polar surface area (TPSA) is 52.1 Å². The number of rotatable bonds is 3. The lowest BCUT2D eigenvalue weighted by atomic mass is 10.2. The van der Waals surface area contributed by atoms with E-state index in [4.69, 9.17) is 4.74 Å². The zero-order chi connectivity index (χ0) is 13.1. The van der Waals surface area contributed by atoms with E-state index < -0.39 is 0 Å². The van der Waals surface area contributed by atoms with Crippen LogP contribution in [0.15, 0.2) is 47.2 Å². The summed E-state index contributed by atoms with van der Waals surface area (Å²) in [6.45, 7) is 0. The Morgan fingerprint density at radius 2 is 2.00 bits per heavy atom. The predicted molar refractivity (Wildman–Crippen MR) is 74.6 cm³/mol. The highest BCUT2D eigenvalue weighted by Gasteiger charge is 2.09. The first-order valence-electron chi connectivity index (χ1n) is 5.46. The summed E-state index contributed by atoms with van der Waals surface area (Å²) in [5.41, 5.74) is 1.77. The third-order valence-corrected chi connectivity index (χ3v) is 3.80. The summed E-state index contributed by atoms with van der Waals surface area (Å²) in [7, 11) is 0. The van der Waals surface area contributed by atoms with Crippen molar-refractivity contribution in [2.75, 3.05) is 0 Å². The standard InChI is InChI=1S/C13H8N2O2S2/c16-13(12-2-1-7-18-12)17-10-5-3-9(4-6-10)11-8-19-15-14-11/h1-8H. The minimum absolute atomic E-state index is 0.335. The number of hydrogen-bond donors (Lipinski definition) is 0. The van der Waals surface area contributed by atoms with Gasteiger partial charge in [0.25, 0.3) is 0 Å². The molecule has 0 fully saturated rings. The summed E-state index contributed by atoms with van der Waals surface area (Å²) >= 11 is 2.66. The van der Waals surface area contributed by atoms with Crippen molar-refractivity contribution >= 4 is 28.8 Å². The Kier molecular flexibility index (Phi) is 3.35. The molecule has 0 radical (unpaired) electrons. The summed E-state index contributed by atoms with van der Waals surface area (Å²) in [4.78, 5) is 12.3. The quantitative estimate of drug-likeness (QED) is 0.547. The normalized spacial score (nSPS) is 10.3. The summed E-state index contributed by atoms with van der Waals surface area (Å²) in [6, 6.07) is 10.8. The van der Waals surface area contributed by atoms with Crippen molar-refractivity contribution in [2.24, 2.45) is 0 Å². The largest absolute Gasteiger partial charge is 0.422 e. The highest BCUT2D eigenvalue weighted by atomic mass is 32.1. The lowest BCUT2D eigenvalue weighted by Gasteiger charge is -2.03. The average Bonchev–Trinajstić information content (AvgIpc) is 3.13. The molecule has 0 spiro atoms. The molecule has 0 saturated carbocycles. The lowest BCUT2D eigenvalue weighted by Crippen LogP contribution is -2.05. The fourth-order valence-electron chi connectivity index (χ4n) is 1.54. The lowest BCUT2D eigenvalue weighted by molar-refractivity contribution is 0.0740. The number of hydrogen-bond acceptors (Lipinski definition) is 6. The molecule has 0 unspecified atom stereocenters. The minimum Gasteiger partial charge on any atom is -0.422 e. The zero-order valence-corrected chi connectivity index (χ0v) is 11.3. The van der Waals surface area contributed by atoms with Crippen LogP contribution in [0.2, 0.25) is 0 Å². The van der Waals surface area contributed by atoms with Crippen LogP contribution in [-0.4, -0.2) is 15.6 Å². The van der Waals surface area contributed by atoms with Crippen LogP contribution < -0.4 is 4.74 Å². The van der Waals surface area contributed by atoms with Gasteiger partial charge in [0.05, 0.1) is 0 Å². The van der Waals surface area contributed by atoms with E-state index in [1.807, 2.05) is 29.0 Å². The van der Waals surface area contributed by atoms with Crippen LogP contribution in [0.4, 0.5) is 0 Å². The number of carbonyl (C=O) groups is 1. The van der Waals surface area contributed by atoms with E-state index in [0.717, 1.165) is 11.3 Å². The van der Waals surface area contributed by atoms with Gasteiger partial charge in [-0.15, -0.1) is 16.4 Å². The molecule has 0 amide bonds. The number of carbonyl (C=O) groups excluding carboxylic acids is 1. The fourth-order valence-corrected chi connectivity index (χ4v) is 2.60. The molecule has 0 atom stereocenters. The number of nitrogens with zero attached hydrogens (tertiary/aromatic N) is 2. The SMILES string of the molecule is O=C(Oc1ccc(-c2csnn2)cc1)c1cccs1. The number of esters is 1. The average molecular weight is 288 g/mol. The van der Waals surface area contributed by atoms with Crippen molar-refractivity contribution in [3.63, 3.8) is 0 Å². The second kappa shape index (κ2) is 5.29. The van der Waals surface area contributed by atoms with E-state index in [2.05, 4.69) is 9.59 Å². The highest BCUT2D eigenvalue weighted by Crippen LogP contribution is 2.22. The number of ether oxygens (including phenoxy) is 1. The molecular formula is C13H8N2O2S2. The Hall–Kier alpha value is -2.05. The van der Waals surface area contributed by atoms with E-state index in [-0.39, 0.29) is 5.97 Å². The fraction of sp³-hybridized carbons (Fsp3) is 0. The van der Waals surface area contributed by atoms with Gasteiger partial charge in [-0.25, -0.2) is 4.79 Å². The second-order valence-corrected chi connectivity index (χ2v) is 5.24. The predicted octanol–water partition coefficient (Wildman–Crippen LogP) is 3.49. The van der Waals surface area contributed by atoms with Crippen LogP contribution in [0.3, 0.4) is 0 Å². The van der Waals surface area contributed by atoms with Crippen molar-refractivity contribution in [3.05, 3.63) is 52.0 Å². The van der Waals surface area contributed by atoms with Gasteiger partial charge in [0.15, 0.2) is 0 Å². The maximum absolute atomic E-state index is 11.8. The van der Waals surface area contributed by atoms with Gasteiger partial charge in [0.2, 0.25) is 0 Å². The molecule has 0 N–H and O–H groups in total. The smallest absolute Gasteiger partial charge is 0.353 e. The van der Waals surface area contributed by atoms with Crippen molar-refractivity contribution in [1.29, 1.82) is 0 Å². The molecular weight excluding hydrogens is 280 g/mol. The molecule has 3 rings (SSSR count). The van der Waals surface area contributed by atoms with Gasteiger partial charge in [0, 0.05) is 10.9 Å². The van der Waals surface area contributed by atoms with Gasteiger partial charge in [0.1, 0.15) is 16.3 Å². The van der Waals surface area contributed by atoms with Crippen LogP contribution in [0.25, 0.3) is 11.3 Å². The number of thiophene rings is 1. The van der Waals surface area contributed by atoms with Crippen molar-refractivity contribution < 1.29 is 9.53 Å². The number of benzene rings is 1. The Bertz CT molecular complexity index is 661. The molecule has 0 aliphatic rings. The molecule has 94 valence electrons. The van der Waals surface area contributed by atoms with Crippen molar-refractivity contribution in [2.45, 2.75) is 0 Å². The van der Waals surface area contributed by atoms with E-state index in [0.29, 0.717) is 10.6 Å². The number of aromatic nitrogens is 2. The Morgan fingerprint density at radius 1 is 1.16 bits per heavy atom. The molecule has 19 heavy (non-hydrogen) atoms. The van der Waals surface area contributed by atoms with Crippen LogP contribution >= 0.6 is 22.9 Å². The Labute approximate surface area is 117 Å². The van der Waals surface area contributed by atoms with E-state index in [9.17, 15) is 4.79 Å². The second-order valence-electron chi connectivity index (χ2n) is 3.68. The zero-order valence-electron chi connectivity index (χ0n) is 9.65. The van der Waals surface area contributed by atoms with Gasteiger partial charge in [-0.3, -0.25) is 0 Å². The molecule has 4 nitrogen and oxygen atoms in total. The molecule has 0 aliphatic heterocycles. The highest BCUT2D eigenvalue weighted by molar-refractivity contribution is 7.12. The first-order valence-corrected chi connectivity index (χ1v) is 7.18. The Morgan fingerprint density at radius 3 is 2.63 bits per heavy atom. The third kappa shape index (κ3) is 2.69. The molecule has 3 aromatic rings. The van der Waals surface area contributed by atoms with Gasteiger partial charge in [-0.05, 0) is 47.2 Å². The van der Waals surface area contributed by atoms with Crippen LogP contribution in [0, 0.1) is 0 Å². The van der Waals surface area contributed by atoms with Crippen LogP contribution in [0.5, 0.6) is 5.75 Å². The molecule has 2 heterocycles. The summed E-state index contributed by atoms with van der Waals surface area (Å²) < 4.78 is 9.08. The first kappa shape index (κ1) is 12.0. The van der Waals surface area contributed by atoms with Gasteiger partial charge < -0.3 is 4.74 Å². The Balaban J connectivity index is 1.75. The minimum atomic E-state index is -0.335. The molecule has 0 saturated heterocycles. The third-order valence-electron chi connectivity index (χ3n) is 2.44. The van der Waals surface area contributed by atoms with Gasteiger partial charge in [-0.2, -0.15) is 0 Å². The van der Waals surface area contributed by atoms with Gasteiger partial charge in [-0.1, -0.05) is 10.6 Å². The maximum Gasteiger partial charge on any atom is 0.353 e. The maximum atomic E-state index is 11.8. The van der Waals surface area contributed by atoms with Crippen LogP contribution in [0.1, 0.15) is 9.67 Å². The van der Waals surface area contributed by atoms with Crippen molar-refractivity contribution in [3.8, 4) is 17.0 Å². The van der Waals surface area contributed by atoms with Gasteiger partial charge >= 0.3 is 5.97 Å². The molecule has 1 aromatic carbocycles. The summed E-state index contributed by atoms with van der Waals surface area (Å²) in [5.74, 6) is 0.184. The molecule has 0 aliphatic carbocycles. The molecule has 6 heteroatoms. The first-order chi connectivity index (χ1) is 9.33. The monoisotopic (exact) mass is 288 g/mol. The van der Waals surface area contributed by atoms with Crippen LogP contribution in [-0.2, 0) is 0 Å². The van der Waals surface area contributed by atoms with E-state index >= 15 is 0 Å². The van der Waals surface area contributed by atoms with Crippen molar-refractivity contribution in [1.82, 2.24) is 9.59 Å².